The number of carbonyl (C=O) groups is 1. The maximum atomic E-state index is 12.3. The van der Waals surface area contributed by atoms with Crippen molar-refractivity contribution in [2.45, 2.75) is 19.8 Å². The van der Waals surface area contributed by atoms with Gasteiger partial charge in [-0.1, -0.05) is 13.3 Å². The number of unbranched alkanes of at least 4 members (excludes halogenated alkanes) is 1. The molecule has 23 heavy (non-hydrogen) atoms. The summed E-state index contributed by atoms with van der Waals surface area (Å²) >= 11 is 0. The van der Waals surface area contributed by atoms with E-state index in [-0.39, 0.29) is 5.91 Å². The lowest BCUT2D eigenvalue weighted by Crippen LogP contribution is -2.22. The minimum absolute atomic E-state index is 0.303. The van der Waals surface area contributed by atoms with Gasteiger partial charge in [-0.2, -0.15) is 5.26 Å². The van der Waals surface area contributed by atoms with Gasteiger partial charge in [0.25, 0.3) is 5.91 Å². The summed E-state index contributed by atoms with van der Waals surface area (Å²) in [5, 5.41) is 11.5. The Morgan fingerprint density at radius 2 is 2.04 bits per heavy atom. The second-order valence-electron chi connectivity index (χ2n) is 5.16. The highest BCUT2D eigenvalue weighted by Gasteiger charge is 2.11. The predicted octanol–water partition coefficient (Wildman–Crippen LogP) is 2.84. The maximum absolute atomic E-state index is 12.3. The Morgan fingerprint density at radius 3 is 2.70 bits per heavy atom. The first-order valence-electron chi connectivity index (χ1n) is 7.49. The topological polar surface area (TPSA) is 81.9 Å². The molecule has 0 spiro atoms. The van der Waals surface area contributed by atoms with Crippen molar-refractivity contribution < 1.29 is 4.79 Å². The van der Waals surface area contributed by atoms with Gasteiger partial charge in [0.1, 0.15) is 5.69 Å². The molecule has 0 fully saturated rings. The number of amides is 1. The van der Waals surface area contributed by atoms with Crippen molar-refractivity contribution >= 4 is 17.5 Å². The van der Waals surface area contributed by atoms with E-state index in [2.05, 4.69) is 22.2 Å². The molecule has 6 heteroatoms. The standard InChI is InChI=1S/C17H19N5O/c1-3-4-11-22(2)17-19-10-9-15(21-17)16(23)20-14-7-5-13(12-18)6-8-14/h5-10H,3-4,11H2,1-2H3,(H,20,23). The number of carbonyl (C=O) groups excluding carboxylic acids is 1. The Hall–Kier alpha value is -2.94. The molecule has 0 radical (unpaired) electrons. The number of hydrogen-bond donors (Lipinski definition) is 1. The predicted molar refractivity (Wildman–Crippen MR) is 89.3 cm³/mol. The summed E-state index contributed by atoms with van der Waals surface area (Å²) in [5.74, 6) is 0.230. The molecule has 6 nitrogen and oxygen atoms in total. The Labute approximate surface area is 135 Å². The third kappa shape index (κ3) is 4.51. The average Bonchev–Trinajstić information content (AvgIpc) is 2.60. The summed E-state index contributed by atoms with van der Waals surface area (Å²) in [6.45, 7) is 2.97. The summed E-state index contributed by atoms with van der Waals surface area (Å²) in [5.41, 5.74) is 1.47. The molecule has 1 heterocycles. The smallest absolute Gasteiger partial charge is 0.274 e. The number of nitrogens with zero attached hydrogens (tertiary/aromatic N) is 4. The third-order valence-corrected chi connectivity index (χ3v) is 3.34. The number of hydrogen-bond acceptors (Lipinski definition) is 5. The second-order valence-corrected chi connectivity index (χ2v) is 5.16. The summed E-state index contributed by atoms with van der Waals surface area (Å²) in [7, 11) is 1.91. The first-order valence-corrected chi connectivity index (χ1v) is 7.49. The molecule has 0 saturated carbocycles. The number of anilines is 2. The molecule has 1 aromatic heterocycles. The summed E-state index contributed by atoms with van der Waals surface area (Å²) in [6, 6.07) is 10.3. The van der Waals surface area contributed by atoms with Gasteiger partial charge >= 0.3 is 0 Å². The monoisotopic (exact) mass is 309 g/mol. The molecule has 0 aliphatic carbocycles. The molecule has 0 atom stereocenters. The molecule has 0 saturated heterocycles. The quantitative estimate of drug-likeness (QED) is 0.887. The highest BCUT2D eigenvalue weighted by Crippen LogP contribution is 2.12. The number of nitrogens with one attached hydrogen (secondary N) is 1. The fraction of sp³-hybridized carbons (Fsp3) is 0.294. The zero-order chi connectivity index (χ0) is 16.7. The van der Waals surface area contributed by atoms with Crippen LogP contribution in [0.25, 0.3) is 0 Å². The van der Waals surface area contributed by atoms with E-state index in [4.69, 9.17) is 5.26 Å². The number of benzene rings is 1. The molecule has 1 aromatic carbocycles. The van der Waals surface area contributed by atoms with Crippen LogP contribution in [0.15, 0.2) is 36.5 Å². The van der Waals surface area contributed by atoms with E-state index in [1.807, 2.05) is 18.0 Å². The van der Waals surface area contributed by atoms with Crippen LogP contribution in [0.3, 0.4) is 0 Å². The van der Waals surface area contributed by atoms with Crippen LogP contribution in [0.5, 0.6) is 0 Å². The van der Waals surface area contributed by atoms with E-state index >= 15 is 0 Å². The van der Waals surface area contributed by atoms with Gasteiger partial charge in [0.2, 0.25) is 5.95 Å². The average molecular weight is 309 g/mol. The first-order chi connectivity index (χ1) is 11.1. The van der Waals surface area contributed by atoms with Crippen LogP contribution in [-0.4, -0.2) is 29.5 Å². The minimum Gasteiger partial charge on any atom is -0.344 e. The van der Waals surface area contributed by atoms with Crippen LogP contribution in [0.2, 0.25) is 0 Å². The van der Waals surface area contributed by atoms with Crippen molar-refractivity contribution in [3.05, 3.63) is 47.8 Å². The normalized spacial score (nSPS) is 9.96. The van der Waals surface area contributed by atoms with Crippen molar-refractivity contribution in [1.29, 1.82) is 5.26 Å². The number of nitriles is 1. The zero-order valence-corrected chi connectivity index (χ0v) is 13.3. The van der Waals surface area contributed by atoms with E-state index in [0.29, 0.717) is 22.9 Å². The van der Waals surface area contributed by atoms with Gasteiger partial charge < -0.3 is 10.2 Å². The van der Waals surface area contributed by atoms with Gasteiger partial charge in [0, 0.05) is 25.5 Å². The SMILES string of the molecule is CCCCN(C)c1nccc(C(=O)Nc2ccc(C#N)cc2)n1. The highest BCUT2D eigenvalue weighted by molar-refractivity contribution is 6.02. The number of aromatic nitrogens is 2. The van der Waals surface area contributed by atoms with Crippen LogP contribution in [-0.2, 0) is 0 Å². The van der Waals surface area contributed by atoms with E-state index < -0.39 is 0 Å². The van der Waals surface area contributed by atoms with E-state index in [1.54, 1.807) is 36.5 Å². The van der Waals surface area contributed by atoms with E-state index in [9.17, 15) is 4.79 Å². The fourth-order valence-electron chi connectivity index (χ4n) is 1.98. The molecule has 0 aliphatic heterocycles. The summed E-state index contributed by atoms with van der Waals surface area (Å²) < 4.78 is 0. The van der Waals surface area contributed by atoms with Crippen molar-refractivity contribution in [1.82, 2.24) is 9.97 Å². The molecule has 1 N–H and O–H groups in total. The second kappa shape index (κ2) is 7.90. The van der Waals surface area contributed by atoms with Gasteiger partial charge in [0.05, 0.1) is 11.6 Å². The lowest BCUT2D eigenvalue weighted by molar-refractivity contribution is 0.102. The highest BCUT2D eigenvalue weighted by atomic mass is 16.1. The fourth-order valence-corrected chi connectivity index (χ4v) is 1.98. The Morgan fingerprint density at radius 1 is 1.30 bits per heavy atom. The van der Waals surface area contributed by atoms with Crippen molar-refractivity contribution in [2.24, 2.45) is 0 Å². The van der Waals surface area contributed by atoms with Crippen LogP contribution >= 0.6 is 0 Å². The molecule has 0 unspecified atom stereocenters. The lowest BCUT2D eigenvalue weighted by Gasteiger charge is -2.16. The Bertz CT molecular complexity index is 706. The van der Waals surface area contributed by atoms with Crippen LogP contribution < -0.4 is 10.2 Å². The molecule has 0 aliphatic rings. The molecule has 1 amide bonds. The van der Waals surface area contributed by atoms with Gasteiger partial charge in [-0.15, -0.1) is 0 Å². The van der Waals surface area contributed by atoms with Crippen LogP contribution in [0.4, 0.5) is 11.6 Å². The molecular weight excluding hydrogens is 290 g/mol. The molecule has 0 bridgehead atoms. The lowest BCUT2D eigenvalue weighted by atomic mass is 10.2. The zero-order valence-electron chi connectivity index (χ0n) is 13.3. The summed E-state index contributed by atoms with van der Waals surface area (Å²) in [6.07, 6.45) is 3.71. The van der Waals surface area contributed by atoms with Gasteiger partial charge in [-0.3, -0.25) is 4.79 Å². The van der Waals surface area contributed by atoms with Crippen LogP contribution in [0, 0.1) is 11.3 Å². The Kier molecular flexibility index (Phi) is 5.64. The Balaban J connectivity index is 2.08. The van der Waals surface area contributed by atoms with E-state index in [1.165, 1.54) is 0 Å². The molecular formula is C17H19N5O. The summed E-state index contributed by atoms with van der Waals surface area (Å²) in [4.78, 5) is 22.7. The van der Waals surface area contributed by atoms with Gasteiger partial charge in [-0.05, 0) is 36.8 Å². The van der Waals surface area contributed by atoms with E-state index in [0.717, 1.165) is 19.4 Å². The first kappa shape index (κ1) is 16.4. The van der Waals surface area contributed by atoms with Crippen LogP contribution in [0.1, 0.15) is 35.8 Å². The van der Waals surface area contributed by atoms with Crippen molar-refractivity contribution in [3.63, 3.8) is 0 Å². The van der Waals surface area contributed by atoms with Gasteiger partial charge in [0.15, 0.2) is 0 Å². The third-order valence-electron chi connectivity index (χ3n) is 3.34. The largest absolute Gasteiger partial charge is 0.344 e. The van der Waals surface area contributed by atoms with Crippen molar-refractivity contribution in [3.8, 4) is 6.07 Å². The maximum Gasteiger partial charge on any atom is 0.274 e. The number of rotatable bonds is 6. The minimum atomic E-state index is -0.303. The molecule has 2 aromatic rings. The van der Waals surface area contributed by atoms with Crippen molar-refractivity contribution in [2.75, 3.05) is 23.8 Å². The molecule has 118 valence electrons. The molecule has 2 rings (SSSR count). The van der Waals surface area contributed by atoms with Gasteiger partial charge in [-0.25, -0.2) is 9.97 Å².